The molecule has 0 saturated carbocycles. The van der Waals surface area contributed by atoms with Crippen LogP contribution in [0.5, 0.6) is 0 Å². The molecule has 4 rings (SSSR count). The number of H-pyrrole nitrogens is 1. The second kappa shape index (κ2) is 6.61. The van der Waals surface area contributed by atoms with Crippen LogP contribution in [0.1, 0.15) is 11.1 Å². The predicted octanol–water partition coefficient (Wildman–Crippen LogP) is 2.05. The zero-order chi connectivity index (χ0) is 18.1. The van der Waals surface area contributed by atoms with Crippen LogP contribution >= 0.6 is 0 Å². The molecular formula is C19H17FN4O2. The van der Waals surface area contributed by atoms with Crippen LogP contribution in [0.25, 0.3) is 5.69 Å². The molecule has 6 nitrogen and oxygen atoms in total. The molecule has 132 valence electrons. The second-order valence-corrected chi connectivity index (χ2v) is 6.21. The summed E-state index contributed by atoms with van der Waals surface area (Å²) in [4.78, 5) is 29.1. The van der Waals surface area contributed by atoms with E-state index in [-0.39, 0.29) is 5.82 Å². The molecule has 2 heterocycles. The Morgan fingerprint density at radius 3 is 2.46 bits per heavy atom. The largest absolute Gasteiger partial charge is 0.358 e. The summed E-state index contributed by atoms with van der Waals surface area (Å²) in [6.45, 7) is 1.59. The van der Waals surface area contributed by atoms with Gasteiger partial charge in [0.15, 0.2) is 0 Å². The number of aromatic amines is 1. The summed E-state index contributed by atoms with van der Waals surface area (Å²) in [5.41, 5.74) is 1.16. The number of rotatable bonds is 3. The van der Waals surface area contributed by atoms with Crippen molar-refractivity contribution in [3.8, 4) is 5.69 Å². The lowest BCUT2D eigenvalue weighted by atomic mass is 10.1. The van der Waals surface area contributed by atoms with Crippen LogP contribution in [-0.4, -0.2) is 21.1 Å². The fourth-order valence-electron chi connectivity index (χ4n) is 3.16. The van der Waals surface area contributed by atoms with Crippen molar-refractivity contribution in [3.63, 3.8) is 0 Å². The first kappa shape index (κ1) is 16.3. The van der Waals surface area contributed by atoms with Gasteiger partial charge in [0.25, 0.3) is 5.56 Å². The molecular weight excluding hydrogens is 335 g/mol. The molecule has 0 atom stereocenters. The highest BCUT2D eigenvalue weighted by molar-refractivity contribution is 5.51. The third kappa shape index (κ3) is 3.04. The Kier molecular flexibility index (Phi) is 4.14. The molecule has 1 aliphatic heterocycles. The van der Waals surface area contributed by atoms with Crippen molar-refractivity contribution < 1.29 is 4.39 Å². The molecule has 0 spiro atoms. The lowest BCUT2D eigenvalue weighted by Gasteiger charge is -2.30. The third-order valence-corrected chi connectivity index (χ3v) is 4.39. The topological polar surface area (TPSA) is 70.1 Å². The highest BCUT2D eigenvalue weighted by Crippen LogP contribution is 2.22. The third-order valence-electron chi connectivity index (χ3n) is 4.39. The number of benzene rings is 2. The Morgan fingerprint density at radius 2 is 1.73 bits per heavy atom. The maximum Gasteiger partial charge on any atom is 0.334 e. The first-order valence-corrected chi connectivity index (χ1v) is 8.26. The molecule has 0 fully saturated rings. The molecule has 0 saturated heterocycles. The van der Waals surface area contributed by atoms with Crippen LogP contribution in [0, 0.1) is 5.82 Å². The van der Waals surface area contributed by atoms with Gasteiger partial charge >= 0.3 is 5.69 Å². The fourth-order valence-corrected chi connectivity index (χ4v) is 3.16. The summed E-state index contributed by atoms with van der Waals surface area (Å²) in [5, 5.41) is 3.17. The van der Waals surface area contributed by atoms with Gasteiger partial charge in [-0.3, -0.25) is 14.7 Å². The summed E-state index contributed by atoms with van der Waals surface area (Å²) in [6, 6.07) is 15.5. The van der Waals surface area contributed by atoms with Crippen molar-refractivity contribution in [3.05, 3.63) is 92.4 Å². The van der Waals surface area contributed by atoms with Crippen molar-refractivity contribution in [2.24, 2.45) is 0 Å². The number of halogens is 1. The highest BCUT2D eigenvalue weighted by atomic mass is 19.1. The molecule has 0 unspecified atom stereocenters. The molecule has 0 aliphatic carbocycles. The summed E-state index contributed by atoms with van der Waals surface area (Å²) in [7, 11) is 0. The Labute approximate surface area is 148 Å². The van der Waals surface area contributed by atoms with Crippen molar-refractivity contribution in [1.82, 2.24) is 14.5 Å². The van der Waals surface area contributed by atoms with E-state index in [4.69, 9.17) is 0 Å². The minimum Gasteiger partial charge on any atom is -0.358 e. The van der Waals surface area contributed by atoms with Crippen LogP contribution in [0.15, 0.2) is 64.2 Å². The Bertz CT molecular complexity index is 1040. The smallest absolute Gasteiger partial charge is 0.334 e. The molecule has 0 bridgehead atoms. The number of hydrogen-bond acceptors (Lipinski definition) is 4. The molecule has 3 aromatic rings. The number of hydrogen-bond donors (Lipinski definition) is 2. The van der Waals surface area contributed by atoms with E-state index in [1.54, 1.807) is 0 Å². The van der Waals surface area contributed by atoms with Gasteiger partial charge in [0, 0.05) is 13.1 Å². The predicted molar refractivity (Wildman–Crippen MR) is 96.8 cm³/mol. The molecule has 0 amide bonds. The number of fused-ring (bicyclic) bond motifs is 1. The minimum atomic E-state index is -0.552. The maximum absolute atomic E-state index is 13.2. The molecule has 1 aromatic heterocycles. The molecule has 7 heteroatoms. The molecule has 2 aromatic carbocycles. The van der Waals surface area contributed by atoms with Crippen molar-refractivity contribution in [2.75, 3.05) is 12.0 Å². The number of nitrogens with zero attached hydrogens (tertiary/aromatic N) is 2. The van der Waals surface area contributed by atoms with Gasteiger partial charge in [-0.2, -0.15) is 0 Å². The average Bonchev–Trinajstić information content (AvgIpc) is 2.64. The first-order chi connectivity index (χ1) is 12.6. The molecule has 0 radical (unpaired) electrons. The monoisotopic (exact) mass is 352 g/mol. The van der Waals surface area contributed by atoms with Gasteiger partial charge in [0.2, 0.25) is 0 Å². The Morgan fingerprint density at radius 1 is 1.00 bits per heavy atom. The van der Waals surface area contributed by atoms with Crippen LogP contribution in [0.2, 0.25) is 0 Å². The second-order valence-electron chi connectivity index (χ2n) is 6.21. The van der Waals surface area contributed by atoms with Gasteiger partial charge in [-0.15, -0.1) is 0 Å². The quantitative estimate of drug-likeness (QED) is 0.757. The Balaban J connectivity index is 1.71. The van der Waals surface area contributed by atoms with Gasteiger partial charge in [-0.1, -0.05) is 30.3 Å². The lowest BCUT2D eigenvalue weighted by molar-refractivity contribution is 0.263. The standard InChI is InChI=1S/C19H17FN4O2/c20-14-6-8-15(9-7-14)24-17-16(18(25)22-19(24)26)11-23(12-21-17)10-13-4-2-1-3-5-13/h1-9,21H,10-12H2,(H,22,25,26). The van der Waals surface area contributed by atoms with E-state index in [1.165, 1.54) is 28.8 Å². The van der Waals surface area contributed by atoms with Crippen molar-refractivity contribution in [1.29, 1.82) is 0 Å². The molecule has 2 N–H and O–H groups in total. The first-order valence-electron chi connectivity index (χ1n) is 8.26. The van der Waals surface area contributed by atoms with E-state index in [1.807, 2.05) is 30.3 Å². The highest BCUT2D eigenvalue weighted by Gasteiger charge is 2.23. The minimum absolute atomic E-state index is 0.387. The number of aromatic nitrogens is 2. The summed E-state index contributed by atoms with van der Waals surface area (Å²) in [6.07, 6.45) is 0. The average molecular weight is 352 g/mol. The van der Waals surface area contributed by atoms with E-state index in [0.717, 1.165) is 5.56 Å². The van der Waals surface area contributed by atoms with Crippen LogP contribution in [-0.2, 0) is 13.1 Å². The fraction of sp³-hybridized carbons (Fsp3) is 0.158. The normalized spacial score (nSPS) is 13.9. The number of anilines is 1. The van der Waals surface area contributed by atoms with Crippen LogP contribution in [0.4, 0.5) is 10.2 Å². The van der Waals surface area contributed by atoms with Gasteiger partial charge in [-0.25, -0.2) is 13.8 Å². The Hall–Kier alpha value is -3.19. The van der Waals surface area contributed by atoms with E-state index in [9.17, 15) is 14.0 Å². The zero-order valence-corrected chi connectivity index (χ0v) is 13.9. The van der Waals surface area contributed by atoms with Gasteiger partial charge in [0.05, 0.1) is 17.9 Å². The van der Waals surface area contributed by atoms with Gasteiger partial charge < -0.3 is 5.32 Å². The van der Waals surface area contributed by atoms with Crippen molar-refractivity contribution >= 4 is 5.82 Å². The van der Waals surface area contributed by atoms with Gasteiger partial charge in [0.1, 0.15) is 11.6 Å². The molecule has 1 aliphatic rings. The molecule has 26 heavy (non-hydrogen) atoms. The van der Waals surface area contributed by atoms with Crippen LogP contribution in [0.3, 0.4) is 0 Å². The van der Waals surface area contributed by atoms with Crippen LogP contribution < -0.4 is 16.6 Å². The van der Waals surface area contributed by atoms with E-state index < -0.39 is 11.2 Å². The summed E-state index contributed by atoms with van der Waals surface area (Å²) in [5.74, 6) is 0.0664. The maximum atomic E-state index is 13.2. The van der Waals surface area contributed by atoms with Gasteiger partial charge in [-0.05, 0) is 29.8 Å². The van der Waals surface area contributed by atoms with E-state index >= 15 is 0 Å². The number of nitrogens with one attached hydrogen (secondary N) is 2. The van der Waals surface area contributed by atoms with E-state index in [0.29, 0.717) is 36.8 Å². The lowest BCUT2D eigenvalue weighted by Crippen LogP contribution is -2.42. The SMILES string of the molecule is O=c1[nH]c(=O)n(-c2ccc(F)cc2)c2c1CN(Cc1ccccc1)CN2. The van der Waals surface area contributed by atoms with Crippen molar-refractivity contribution in [2.45, 2.75) is 13.1 Å². The summed E-state index contributed by atoms with van der Waals surface area (Å²) < 4.78 is 14.6. The zero-order valence-electron chi connectivity index (χ0n) is 13.9. The van der Waals surface area contributed by atoms with E-state index in [2.05, 4.69) is 15.2 Å². The summed E-state index contributed by atoms with van der Waals surface area (Å²) >= 11 is 0.